The average Bonchev–Trinajstić information content (AvgIpc) is 3.24. The van der Waals surface area contributed by atoms with Gasteiger partial charge < -0.3 is 5.32 Å². The van der Waals surface area contributed by atoms with E-state index in [1.165, 1.54) is 34.8 Å². The Labute approximate surface area is 173 Å². The SMILES string of the molecule is Cc1cc(C(F)(F)F)cc(N2c3ccnn3CC2C(=O)Nc2ccc(F)c(Cl)c2)n1. The number of carbonyl (C=O) groups is 1. The molecule has 3 aromatic rings. The molecular formula is C19H14ClF4N5O. The predicted molar refractivity (Wildman–Crippen MR) is 102 cm³/mol. The fraction of sp³-hybridized carbons (Fsp3) is 0.211. The first kappa shape index (κ1) is 20.1. The van der Waals surface area contributed by atoms with Crippen LogP contribution >= 0.6 is 11.6 Å². The van der Waals surface area contributed by atoms with E-state index < -0.39 is 29.5 Å². The van der Waals surface area contributed by atoms with Crippen LogP contribution < -0.4 is 10.2 Å². The first-order valence-corrected chi connectivity index (χ1v) is 9.14. The lowest BCUT2D eigenvalue weighted by Crippen LogP contribution is -2.40. The van der Waals surface area contributed by atoms with Gasteiger partial charge in [0.05, 0.1) is 23.3 Å². The molecule has 1 unspecified atom stereocenters. The van der Waals surface area contributed by atoms with Crippen molar-refractivity contribution in [3.8, 4) is 0 Å². The summed E-state index contributed by atoms with van der Waals surface area (Å²) >= 11 is 5.75. The van der Waals surface area contributed by atoms with Gasteiger partial charge in [-0.15, -0.1) is 0 Å². The third-order valence-corrected chi connectivity index (χ3v) is 4.89. The number of alkyl halides is 3. The number of halogens is 5. The number of nitrogens with one attached hydrogen (secondary N) is 1. The molecule has 156 valence electrons. The van der Waals surface area contributed by atoms with Crippen LogP contribution in [0.15, 0.2) is 42.6 Å². The summed E-state index contributed by atoms with van der Waals surface area (Å²) < 4.78 is 54.8. The first-order valence-electron chi connectivity index (χ1n) is 8.76. The fourth-order valence-corrected chi connectivity index (χ4v) is 3.47. The number of hydrogen-bond donors (Lipinski definition) is 1. The van der Waals surface area contributed by atoms with Crippen LogP contribution in [0.3, 0.4) is 0 Å². The molecule has 3 heterocycles. The Morgan fingerprint density at radius 2 is 2.00 bits per heavy atom. The number of aromatic nitrogens is 3. The second kappa shape index (κ2) is 7.28. The molecule has 0 saturated carbocycles. The molecule has 0 spiro atoms. The lowest BCUT2D eigenvalue weighted by molar-refractivity contribution is -0.137. The van der Waals surface area contributed by atoms with Crippen molar-refractivity contribution < 1.29 is 22.4 Å². The van der Waals surface area contributed by atoms with Crippen LogP contribution in [0.25, 0.3) is 0 Å². The molecule has 1 atom stereocenters. The van der Waals surface area contributed by atoms with Gasteiger partial charge in [-0.2, -0.15) is 18.3 Å². The number of amides is 1. The number of benzene rings is 1. The normalized spacial score (nSPS) is 15.9. The van der Waals surface area contributed by atoms with Crippen LogP contribution in [-0.2, 0) is 17.5 Å². The highest BCUT2D eigenvalue weighted by Gasteiger charge is 2.39. The van der Waals surface area contributed by atoms with Crippen LogP contribution in [-0.4, -0.2) is 26.7 Å². The number of nitrogens with zero attached hydrogens (tertiary/aromatic N) is 4. The van der Waals surface area contributed by atoms with Crippen molar-refractivity contribution in [1.82, 2.24) is 14.8 Å². The van der Waals surface area contributed by atoms with Crippen molar-refractivity contribution in [1.29, 1.82) is 0 Å². The Morgan fingerprint density at radius 3 is 2.70 bits per heavy atom. The van der Waals surface area contributed by atoms with Crippen LogP contribution in [0.5, 0.6) is 0 Å². The summed E-state index contributed by atoms with van der Waals surface area (Å²) in [6.07, 6.45) is -3.08. The Morgan fingerprint density at radius 1 is 1.23 bits per heavy atom. The summed E-state index contributed by atoms with van der Waals surface area (Å²) in [5, 5.41) is 6.55. The highest BCUT2D eigenvalue weighted by Crippen LogP contribution is 2.37. The number of anilines is 3. The number of hydrogen-bond acceptors (Lipinski definition) is 4. The second-order valence-corrected chi connectivity index (χ2v) is 7.14. The number of aryl methyl sites for hydroxylation is 1. The van der Waals surface area contributed by atoms with Gasteiger partial charge in [0.1, 0.15) is 23.5 Å². The van der Waals surface area contributed by atoms with Gasteiger partial charge >= 0.3 is 6.18 Å². The highest BCUT2D eigenvalue weighted by molar-refractivity contribution is 6.31. The maximum atomic E-state index is 13.4. The molecule has 0 aliphatic carbocycles. The predicted octanol–water partition coefficient (Wildman–Crippen LogP) is 4.56. The highest BCUT2D eigenvalue weighted by atomic mass is 35.5. The number of rotatable bonds is 3. The first-order chi connectivity index (χ1) is 14.1. The van der Waals surface area contributed by atoms with E-state index in [-0.39, 0.29) is 28.8 Å². The second-order valence-electron chi connectivity index (χ2n) is 6.73. The summed E-state index contributed by atoms with van der Waals surface area (Å²) in [7, 11) is 0. The van der Waals surface area contributed by atoms with E-state index in [0.29, 0.717) is 5.82 Å². The van der Waals surface area contributed by atoms with Gasteiger partial charge in [0.2, 0.25) is 5.91 Å². The molecule has 30 heavy (non-hydrogen) atoms. The molecule has 1 N–H and O–H groups in total. The van der Waals surface area contributed by atoms with Gasteiger partial charge in [-0.25, -0.2) is 14.1 Å². The van der Waals surface area contributed by atoms with E-state index in [1.54, 1.807) is 6.07 Å². The molecule has 0 radical (unpaired) electrons. The standard InChI is InChI=1S/C19H14ClF4N5O/c1-10-6-11(19(22,23)24)7-16(26-10)29-15(9-28-17(29)4-5-25-28)18(30)27-12-2-3-14(21)13(20)8-12/h2-8,15H,9H2,1H3,(H,27,30). The van der Waals surface area contributed by atoms with E-state index in [1.807, 2.05) is 0 Å². The summed E-state index contributed by atoms with van der Waals surface area (Å²) in [5.74, 6) is -0.765. The minimum atomic E-state index is -4.56. The van der Waals surface area contributed by atoms with Crippen molar-refractivity contribution in [2.24, 2.45) is 0 Å². The van der Waals surface area contributed by atoms with Gasteiger partial charge in [0, 0.05) is 17.4 Å². The molecule has 1 aliphatic heterocycles. The molecule has 0 bridgehead atoms. The van der Waals surface area contributed by atoms with Gasteiger partial charge in [0.15, 0.2) is 0 Å². The minimum absolute atomic E-state index is 0.0288. The maximum Gasteiger partial charge on any atom is 0.416 e. The largest absolute Gasteiger partial charge is 0.416 e. The third kappa shape index (κ3) is 3.70. The molecular weight excluding hydrogens is 426 g/mol. The topological polar surface area (TPSA) is 63.1 Å². The molecule has 4 rings (SSSR count). The number of fused-ring (bicyclic) bond motifs is 1. The van der Waals surface area contributed by atoms with Crippen molar-refractivity contribution >= 4 is 34.8 Å². The molecule has 1 aliphatic rings. The van der Waals surface area contributed by atoms with Crippen LogP contribution in [0.4, 0.5) is 34.9 Å². The molecule has 2 aromatic heterocycles. The van der Waals surface area contributed by atoms with Crippen LogP contribution in [0.1, 0.15) is 11.3 Å². The lowest BCUT2D eigenvalue weighted by Gasteiger charge is -2.25. The Kier molecular flexibility index (Phi) is 4.89. The molecule has 0 saturated heterocycles. The third-order valence-electron chi connectivity index (χ3n) is 4.60. The van der Waals surface area contributed by atoms with E-state index in [9.17, 15) is 22.4 Å². The molecule has 6 nitrogen and oxygen atoms in total. The van der Waals surface area contributed by atoms with Crippen molar-refractivity contribution in [3.63, 3.8) is 0 Å². The van der Waals surface area contributed by atoms with E-state index in [4.69, 9.17) is 11.6 Å². The maximum absolute atomic E-state index is 13.4. The zero-order valence-electron chi connectivity index (χ0n) is 15.4. The molecule has 1 amide bonds. The summed E-state index contributed by atoms with van der Waals surface area (Å²) in [5.41, 5.74) is -0.459. The molecule has 0 fully saturated rings. The fourth-order valence-electron chi connectivity index (χ4n) is 3.29. The summed E-state index contributed by atoms with van der Waals surface area (Å²) in [6, 6.07) is 6.18. The number of pyridine rings is 1. The van der Waals surface area contributed by atoms with Gasteiger partial charge in [-0.3, -0.25) is 9.69 Å². The van der Waals surface area contributed by atoms with Crippen LogP contribution in [0, 0.1) is 12.7 Å². The number of carbonyl (C=O) groups excluding carboxylic acids is 1. The Bertz CT molecular complexity index is 1130. The lowest BCUT2D eigenvalue weighted by atomic mass is 10.2. The molecule has 11 heteroatoms. The van der Waals surface area contributed by atoms with Crippen molar-refractivity contribution in [3.05, 3.63) is 64.7 Å². The van der Waals surface area contributed by atoms with Gasteiger partial charge in [0.25, 0.3) is 0 Å². The van der Waals surface area contributed by atoms with Crippen molar-refractivity contribution in [2.75, 3.05) is 10.2 Å². The van der Waals surface area contributed by atoms with E-state index in [0.717, 1.165) is 18.2 Å². The summed E-state index contributed by atoms with van der Waals surface area (Å²) in [4.78, 5) is 18.6. The molecule has 1 aromatic carbocycles. The van der Waals surface area contributed by atoms with Gasteiger partial charge in [-0.05, 0) is 37.3 Å². The Balaban J connectivity index is 1.70. The van der Waals surface area contributed by atoms with Crippen LogP contribution in [0.2, 0.25) is 5.02 Å². The van der Waals surface area contributed by atoms with E-state index >= 15 is 0 Å². The minimum Gasteiger partial charge on any atom is -0.324 e. The quantitative estimate of drug-likeness (QED) is 0.608. The smallest absolute Gasteiger partial charge is 0.324 e. The Hall–Kier alpha value is -3.14. The average molecular weight is 440 g/mol. The van der Waals surface area contributed by atoms with Gasteiger partial charge in [-0.1, -0.05) is 11.6 Å². The van der Waals surface area contributed by atoms with E-state index in [2.05, 4.69) is 15.4 Å². The zero-order chi connectivity index (χ0) is 21.6. The zero-order valence-corrected chi connectivity index (χ0v) is 16.2. The monoisotopic (exact) mass is 439 g/mol. The van der Waals surface area contributed by atoms with Crippen molar-refractivity contribution in [2.45, 2.75) is 25.7 Å². The summed E-state index contributed by atoms with van der Waals surface area (Å²) in [6.45, 7) is 1.54.